The molecule has 1 heterocycles. The second-order valence-corrected chi connectivity index (χ2v) is 16.0. The zero-order valence-electron chi connectivity index (χ0n) is 16.5. The fraction of sp³-hybridized carbons (Fsp3) is 0.611. The number of fused-ring (bicyclic) bond motifs is 1. The van der Waals surface area contributed by atoms with Gasteiger partial charge in [-0.15, -0.1) is 0 Å². The van der Waals surface area contributed by atoms with Gasteiger partial charge in [0.15, 0.2) is 5.82 Å². The van der Waals surface area contributed by atoms with Crippen LogP contribution in [0.5, 0.6) is 5.75 Å². The summed E-state index contributed by atoms with van der Waals surface area (Å²) in [6, 6.07) is 2.76. The number of anilines is 1. The fourth-order valence-corrected chi connectivity index (χ4v) is 6.22. The highest BCUT2D eigenvalue weighted by Crippen LogP contribution is 2.39. The zero-order chi connectivity index (χ0) is 20.7. The third-order valence-electron chi connectivity index (χ3n) is 5.23. The normalized spacial score (nSPS) is 21.5. The van der Waals surface area contributed by atoms with Gasteiger partial charge in [0.25, 0.3) is 5.91 Å². The van der Waals surface area contributed by atoms with Crippen molar-refractivity contribution in [2.24, 2.45) is 0 Å². The smallest absolute Gasteiger partial charge is 0.326 e. The van der Waals surface area contributed by atoms with Crippen LogP contribution in [-0.2, 0) is 27.8 Å². The van der Waals surface area contributed by atoms with Gasteiger partial charge < -0.3 is 10.4 Å². The predicted molar refractivity (Wildman–Crippen MR) is 109 cm³/mol. The average molecular weight is 430 g/mol. The Kier molecular flexibility index (Phi) is 5.75. The number of nitrogens with one attached hydrogen (secondary N) is 2. The number of nitrogens with zero attached hydrogens (tertiary/aromatic N) is 1. The summed E-state index contributed by atoms with van der Waals surface area (Å²) in [5.41, 5.74) is 0.655. The maximum Gasteiger partial charge on any atom is 0.326 e. The highest BCUT2D eigenvalue weighted by Gasteiger charge is 2.39. The van der Waals surface area contributed by atoms with Gasteiger partial charge in [0.05, 0.1) is 0 Å². The Morgan fingerprint density at radius 3 is 2.71 bits per heavy atom. The molecule has 1 unspecified atom stereocenters. The van der Waals surface area contributed by atoms with Gasteiger partial charge in [-0.1, -0.05) is 25.7 Å². The van der Waals surface area contributed by atoms with E-state index in [0.717, 1.165) is 19.4 Å². The molecule has 1 aliphatic carbocycles. The fourth-order valence-electron chi connectivity index (χ4n) is 3.82. The first-order chi connectivity index (χ1) is 13.0. The number of carbonyl (C=O) groups excluding carboxylic acids is 1. The van der Waals surface area contributed by atoms with Gasteiger partial charge in [-0.05, 0) is 49.4 Å². The van der Waals surface area contributed by atoms with Gasteiger partial charge in [-0.25, -0.2) is 13.4 Å². The molecule has 0 spiro atoms. The van der Waals surface area contributed by atoms with Crippen LogP contribution < -0.4 is 14.3 Å². The topological polar surface area (TPSA) is 98.7 Å². The van der Waals surface area contributed by atoms with Crippen LogP contribution in [-0.4, -0.2) is 46.6 Å². The lowest BCUT2D eigenvalue weighted by molar-refractivity contribution is -0.117. The quantitative estimate of drug-likeness (QED) is 0.474. The van der Waals surface area contributed by atoms with Crippen molar-refractivity contribution in [2.75, 3.05) is 17.4 Å². The van der Waals surface area contributed by atoms with Crippen LogP contribution in [0.25, 0.3) is 0 Å². The van der Waals surface area contributed by atoms with Crippen molar-refractivity contribution in [3.63, 3.8) is 0 Å². The Morgan fingerprint density at radius 1 is 1.39 bits per heavy atom. The lowest BCUT2D eigenvalue weighted by Crippen LogP contribution is -2.37. The zero-order valence-corrected chi connectivity index (χ0v) is 18.3. The van der Waals surface area contributed by atoms with E-state index >= 15 is 4.39 Å². The van der Waals surface area contributed by atoms with E-state index in [-0.39, 0.29) is 6.04 Å². The molecule has 2 aliphatic rings. The van der Waals surface area contributed by atoms with Gasteiger partial charge >= 0.3 is 10.2 Å². The minimum absolute atomic E-state index is 0.107. The van der Waals surface area contributed by atoms with Gasteiger partial charge in [-0.3, -0.25) is 4.79 Å². The molecule has 1 atom stereocenters. The first-order valence-corrected chi connectivity index (χ1v) is 14.7. The summed E-state index contributed by atoms with van der Waals surface area (Å²) in [7, 11) is -5.27. The number of amides is 1. The number of hydrogen-bond donors (Lipinski definition) is 3. The predicted octanol–water partition coefficient (Wildman–Crippen LogP) is 1.89. The summed E-state index contributed by atoms with van der Waals surface area (Å²) >= 11 is 0. The van der Waals surface area contributed by atoms with Crippen molar-refractivity contribution in [2.45, 2.75) is 57.4 Å². The number of aromatic hydroxyl groups is 1. The summed E-state index contributed by atoms with van der Waals surface area (Å²) < 4.78 is 41.8. The molecule has 1 saturated heterocycles. The Bertz CT molecular complexity index is 886. The first kappa shape index (κ1) is 21.1. The molecule has 0 bridgehead atoms. The first-order valence-electron chi connectivity index (χ1n) is 9.58. The number of phenols is 1. The molecule has 1 aromatic rings. The van der Waals surface area contributed by atoms with Crippen molar-refractivity contribution < 1.29 is 22.7 Å². The molecule has 28 heavy (non-hydrogen) atoms. The molecular formula is C18H28FN3O4SSi. The molecule has 10 heteroatoms. The molecule has 7 nitrogen and oxygen atoms in total. The molecular weight excluding hydrogens is 401 g/mol. The number of phenolic OH excluding ortho intramolecular Hbond substituents is 1. The number of hydrogen-bond acceptors (Lipinski definition) is 5. The summed E-state index contributed by atoms with van der Waals surface area (Å²) in [4.78, 5) is 11.5. The molecule has 3 rings (SSSR count). The van der Waals surface area contributed by atoms with E-state index in [1.165, 1.54) is 12.1 Å². The Morgan fingerprint density at radius 2 is 2.11 bits per heavy atom. The minimum atomic E-state index is -4.18. The van der Waals surface area contributed by atoms with Crippen LogP contribution in [0.1, 0.15) is 24.0 Å². The lowest BCUT2D eigenvalue weighted by Gasteiger charge is -2.28. The minimum Gasteiger partial charge on any atom is -0.506 e. The molecule has 3 N–H and O–H groups in total. The van der Waals surface area contributed by atoms with Crippen molar-refractivity contribution in [1.82, 2.24) is 10.0 Å². The largest absolute Gasteiger partial charge is 0.506 e. The van der Waals surface area contributed by atoms with Crippen molar-refractivity contribution in [3.8, 4) is 5.75 Å². The van der Waals surface area contributed by atoms with E-state index in [1.54, 1.807) is 4.72 Å². The molecule has 1 fully saturated rings. The standard InChI is InChI=1S/C18H28FN3O4SSi/c1-28(2,3)8-4-7-20-13-6-5-12-9-15(23)18(17(19)14(12)10-13)22-11-16(24)21-27(22,25)26/h9,13,20,23H,4-8,10-11H2,1-3H3,(H,21,24). The molecule has 156 valence electrons. The van der Waals surface area contributed by atoms with Crippen LogP contribution in [0.4, 0.5) is 10.1 Å². The second kappa shape index (κ2) is 7.64. The maximum absolute atomic E-state index is 15.2. The molecule has 1 aromatic carbocycles. The Balaban J connectivity index is 1.78. The third-order valence-corrected chi connectivity index (χ3v) is 8.46. The molecule has 0 radical (unpaired) electrons. The van der Waals surface area contributed by atoms with E-state index < -0.39 is 48.0 Å². The van der Waals surface area contributed by atoms with Crippen LogP contribution in [0.3, 0.4) is 0 Å². The number of halogens is 1. The van der Waals surface area contributed by atoms with Crippen molar-refractivity contribution >= 4 is 29.9 Å². The Labute approximate surface area is 166 Å². The summed E-state index contributed by atoms with van der Waals surface area (Å²) in [5.74, 6) is -1.97. The van der Waals surface area contributed by atoms with E-state index in [1.807, 2.05) is 0 Å². The monoisotopic (exact) mass is 429 g/mol. The molecule has 1 aliphatic heterocycles. The van der Waals surface area contributed by atoms with Gasteiger partial charge in [0.1, 0.15) is 18.0 Å². The third kappa shape index (κ3) is 4.49. The van der Waals surface area contributed by atoms with Gasteiger partial charge in [0, 0.05) is 14.1 Å². The number of aryl methyl sites for hydroxylation is 1. The van der Waals surface area contributed by atoms with Crippen LogP contribution in [0, 0.1) is 5.82 Å². The average Bonchev–Trinajstić information content (AvgIpc) is 2.83. The van der Waals surface area contributed by atoms with Gasteiger partial charge in [-0.2, -0.15) is 8.42 Å². The van der Waals surface area contributed by atoms with Crippen LogP contribution in [0.2, 0.25) is 25.7 Å². The lowest BCUT2D eigenvalue weighted by atomic mass is 9.87. The van der Waals surface area contributed by atoms with Crippen molar-refractivity contribution in [1.29, 1.82) is 0 Å². The highest BCUT2D eigenvalue weighted by atomic mass is 32.2. The van der Waals surface area contributed by atoms with Crippen molar-refractivity contribution in [3.05, 3.63) is 23.0 Å². The number of rotatable bonds is 6. The highest BCUT2D eigenvalue weighted by molar-refractivity contribution is 7.92. The second-order valence-electron chi connectivity index (χ2n) is 8.79. The Hall–Kier alpha value is -1.65. The molecule has 0 saturated carbocycles. The molecule has 0 aromatic heterocycles. The van der Waals surface area contributed by atoms with Gasteiger partial charge in [0.2, 0.25) is 0 Å². The molecule has 1 amide bonds. The summed E-state index contributed by atoms with van der Waals surface area (Å²) in [6.07, 6.45) is 2.95. The number of benzene rings is 1. The summed E-state index contributed by atoms with van der Waals surface area (Å²) in [5, 5.41) is 13.7. The van der Waals surface area contributed by atoms with E-state index in [0.29, 0.717) is 28.3 Å². The van der Waals surface area contributed by atoms with Crippen LogP contribution >= 0.6 is 0 Å². The van der Waals surface area contributed by atoms with E-state index in [4.69, 9.17) is 0 Å². The maximum atomic E-state index is 15.2. The number of carbonyl (C=O) groups is 1. The SMILES string of the molecule is C[Si](C)(C)CCCNC1CCc2cc(O)c(N3CC(=O)NS3(=O)=O)c(F)c2C1. The van der Waals surface area contributed by atoms with E-state index in [9.17, 15) is 18.3 Å². The summed E-state index contributed by atoms with van der Waals surface area (Å²) in [6.45, 7) is 7.33. The van der Waals surface area contributed by atoms with Crippen LogP contribution in [0.15, 0.2) is 6.07 Å². The van der Waals surface area contributed by atoms with E-state index in [2.05, 4.69) is 25.0 Å².